The molecule has 0 saturated carbocycles. The van der Waals surface area contributed by atoms with Crippen molar-refractivity contribution < 1.29 is 10.2 Å². The molecule has 4 heteroatoms. The van der Waals surface area contributed by atoms with Crippen LogP contribution in [-0.4, -0.2) is 10.2 Å². The Hall–Kier alpha value is -1.43. The molecule has 0 aliphatic carbocycles. The van der Waals surface area contributed by atoms with Crippen molar-refractivity contribution in [3.63, 3.8) is 0 Å². The van der Waals surface area contributed by atoms with E-state index in [2.05, 4.69) is 22.6 Å². The molecule has 0 bridgehead atoms. The van der Waals surface area contributed by atoms with Crippen LogP contribution in [0, 0.1) is 17.4 Å². The lowest BCUT2D eigenvalue weighted by molar-refractivity contribution is 0.470. The topological polar surface area (TPSA) is 66.5 Å². The summed E-state index contributed by atoms with van der Waals surface area (Å²) in [5, 5.41) is 18.1. The fraction of sp³-hybridized carbons (Fsp3) is 0.143. The highest BCUT2D eigenvalue weighted by Crippen LogP contribution is 2.20. The third-order valence-corrected chi connectivity index (χ3v) is 3.75. The monoisotopic (exact) mass is 357 g/mol. The second-order valence-corrected chi connectivity index (χ2v) is 5.04. The molecule has 96 valence electrons. The zero-order valence-corrected chi connectivity index (χ0v) is 12.5. The summed E-state index contributed by atoms with van der Waals surface area (Å²) in [6, 6.07) is 10.6. The quantitative estimate of drug-likeness (QED) is 0.499. The fourth-order valence-electron chi connectivity index (χ4n) is 1.24. The van der Waals surface area contributed by atoms with Gasteiger partial charge in [0.2, 0.25) is 0 Å². The highest BCUT2D eigenvalue weighted by Gasteiger charge is 1.96. The summed E-state index contributed by atoms with van der Waals surface area (Å²) >= 11 is 2.19. The van der Waals surface area contributed by atoms with Crippen molar-refractivity contribution in [3.05, 3.63) is 51.1 Å². The van der Waals surface area contributed by atoms with E-state index < -0.39 is 0 Å². The van der Waals surface area contributed by atoms with E-state index in [1.165, 1.54) is 0 Å². The van der Waals surface area contributed by atoms with Crippen molar-refractivity contribution in [2.75, 3.05) is 5.73 Å². The lowest BCUT2D eigenvalue weighted by atomic mass is 10.2. The van der Waals surface area contributed by atoms with Crippen molar-refractivity contribution in [3.8, 4) is 11.5 Å². The van der Waals surface area contributed by atoms with Gasteiger partial charge in [-0.2, -0.15) is 0 Å². The second kappa shape index (κ2) is 6.49. The first-order chi connectivity index (χ1) is 8.43. The number of benzene rings is 2. The minimum atomic E-state index is 0.259. The molecule has 2 aromatic rings. The SMILES string of the molecule is Cc1c(N)cccc1O.Cc1c(O)cccc1I. The third kappa shape index (κ3) is 3.80. The summed E-state index contributed by atoms with van der Waals surface area (Å²) in [5.74, 6) is 0.636. The fourth-order valence-corrected chi connectivity index (χ4v) is 1.72. The van der Waals surface area contributed by atoms with Crippen LogP contribution in [0.5, 0.6) is 11.5 Å². The Kier molecular flexibility index (Phi) is 5.27. The van der Waals surface area contributed by atoms with E-state index in [1.54, 1.807) is 31.2 Å². The van der Waals surface area contributed by atoms with Crippen molar-refractivity contribution in [2.45, 2.75) is 13.8 Å². The Balaban J connectivity index is 0.000000180. The van der Waals surface area contributed by atoms with Gasteiger partial charge >= 0.3 is 0 Å². The zero-order valence-electron chi connectivity index (χ0n) is 10.3. The Morgan fingerprint density at radius 1 is 0.889 bits per heavy atom. The Morgan fingerprint density at radius 3 is 1.78 bits per heavy atom. The van der Waals surface area contributed by atoms with E-state index in [1.807, 2.05) is 19.1 Å². The maximum absolute atomic E-state index is 9.10. The van der Waals surface area contributed by atoms with E-state index in [0.717, 1.165) is 14.7 Å². The van der Waals surface area contributed by atoms with Crippen LogP contribution in [-0.2, 0) is 0 Å². The number of hydrogen-bond donors (Lipinski definition) is 3. The molecule has 0 atom stereocenters. The molecule has 0 aromatic heterocycles. The van der Waals surface area contributed by atoms with Gasteiger partial charge in [0.1, 0.15) is 11.5 Å². The van der Waals surface area contributed by atoms with E-state index in [0.29, 0.717) is 11.4 Å². The maximum Gasteiger partial charge on any atom is 0.120 e. The minimum absolute atomic E-state index is 0.259. The summed E-state index contributed by atoms with van der Waals surface area (Å²) in [5.41, 5.74) is 7.80. The third-order valence-electron chi connectivity index (χ3n) is 2.59. The van der Waals surface area contributed by atoms with Crippen molar-refractivity contribution >= 4 is 28.3 Å². The predicted molar refractivity (Wildman–Crippen MR) is 82.8 cm³/mol. The van der Waals surface area contributed by atoms with Crippen molar-refractivity contribution in [2.24, 2.45) is 0 Å². The maximum atomic E-state index is 9.10. The first-order valence-electron chi connectivity index (χ1n) is 5.41. The number of halogens is 1. The van der Waals surface area contributed by atoms with Crippen LogP contribution in [0.2, 0.25) is 0 Å². The molecule has 0 fully saturated rings. The number of phenolic OH excluding ortho intramolecular Hbond substituents is 2. The number of nitrogen functional groups attached to an aromatic ring is 1. The number of anilines is 1. The number of aromatic hydroxyl groups is 2. The Bertz CT molecular complexity index is 451. The number of hydrogen-bond acceptors (Lipinski definition) is 3. The predicted octanol–water partition coefficient (Wildman–Crippen LogP) is 3.59. The summed E-state index contributed by atoms with van der Waals surface area (Å²) in [6.45, 7) is 3.68. The summed E-state index contributed by atoms with van der Waals surface area (Å²) in [6.07, 6.45) is 0. The van der Waals surface area contributed by atoms with E-state index >= 15 is 0 Å². The van der Waals surface area contributed by atoms with Crippen molar-refractivity contribution in [1.29, 1.82) is 0 Å². The summed E-state index contributed by atoms with van der Waals surface area (Å²) < 4.78 is 1.10. The zero-order chi connectivity index (χ0) is 13.7. The van der Waals surface area contributed by atoms with Gasteiger partial charge in [0, 0.05) is 20.4 Å². The van der Waals surface area contributed by atoms with Gasteiger partial charge in [-0.15, -0.1) is 0 Å². The molecule has 0 aliphatic heterocycles. The number of phenols is 2. The van der Waals surface area contributed by atoms with Gasteiger partial charge in [0.05, 0.1) is 0 Å². The largest absolute Gasteiger partial charge is 0.508 e. The van der Waals surface area contributed by atoms with Crippen LogP contribution in [0.15, 0.2) is 36.4 Å². The number of rotatable bonds is 0. The van der Waals surface area contributed by atoms with E-state index in [4.69, 9.17) is 15.9 Å². The highest BCUT2D eigenvalue weighted by molar-refractivity contribution is 14.1. The number of nitrogens with two attached hydrogens (primary N) is 1. The lowest BCUT2D eigenvalue weighted by Crippen LogP contribution is -1.87. The highest BCUT2D eigenvalue weighted by atomic mass is 127. The average Bonchev–Trinajstić information content (AvgIpc) is 2.34. The van der Waals surface area contributed by atoms with Gasteiger partial charge in [-0.25, -0.2) is 0 Å². The van der Waals surface area contributed by atoms with Gasteiger partial charge in [0.25, 0.3) is 0 Å². The van der Waals surface area contributed by atoms with Crippen LogP contribution < -0.4 is 5.73 Å². The molecule has 0 amide bonds. The van der Waals surface area contributed by atoms with Gasteiger partial charge in [-0.3, -0.25) is 0 Å². The Morgan fingerprint density at radius 2 is 1.39 bits per heavy atom. The van der Waals surface area contributed by atoms with Crippen molar-refractivity contribution in [1.82, 2.24) is 0 Å². The van der Waals surface area contributed by atoms with Crippen LogP contribution in [0.25, 0.3) is 0 Å². The first kappa shape index (κ1) is 14.6. The smallest absolute Gasteiger partial charge is 0.120 e. The van der Waals surface area contributed by atoms with E-state index in [-0.39, 0.29) is 5.75 Å². The van der Waals surface area contributed by atoms with Gasteiger partial charge < -0.3 is 15.9 Å². The summed E-state index contributed by atoms with van der Waals surface area (Å²) in [4.78, 5) is 0. The molecule has 4 N–H and O–H groups in total. The normalized spacial score (nSPS) is 9.50. The van der Waals surface area contributed by atoms with Crippen LogP contribution in [0.1, 0.15) is 11.1 Å². The average molecular weight is 357 g/mol. The van der Waals surface area contributed by atoms with Crippen LogP contribution in [0.3, 0.4) is 0 Å². The van der Waals surface area contributed by atoms with Crippen LogP contribution in [0.4, 0.5) is 5.69 Å². The minimum Gasteiger partial charge on any atom is -0.508 e. The molecule has 0 spiro atoms. The van der Waals surface area contributed by atoms with Gasteiger partial charge in [-0.1, -0.05) is 12.1 Å². The molecule has 0 heterocycles. The molecule has 0 aliphatic rings. The first-order valence-corrected chi connectivity index (χ1v) is 6.49. The molecule has 0 radical (unpaired) electrons. The lowest BCUT2D eigenvalue weighted by Gasteiger charge is -1.99. The molecule has 3 nitrogen and oxygen atoms in total. The molecule has 0 unspecified atom stereocenters. The van der Waals surface area contributed by atoms with Gasteiger partial charge in [0.15, 0.2) is 0 Å². The second-order valence-electron chi connectivity index (χ2n) is 3.88. The van der Waals surface area contributed by atoms with Gasteiger partial charge in [-0.05, 0) is 60.7 Å². The molecular formula is C14H16INO2. The van der Waals surface area contributed by atoms with E-state index in [9.17, 15) is 0 Å². The molecule has 18 heavy (non-hydrogen) atoms. The Labute approximate surface area is 120 Å². The molecule has 2 aromatic carbocycles. The summed E-state index contributed by atoms with van der Waals surface area (Å²) in [7, 11) is 0. The van der Waals surface area contributed by atoms with Crippen LogP contribution >= 0.6 is 22.6 Å². The molecular weight excluding hydrogens is 341 g/mol. The molecule has 0 saturated heterocycles. The standard InChI is InChI=1S/C7H7IO.C7H9NO/c2*1-5-6(8)3-2-4-7(5)9/h2-4,9H,1H3;2-4,9H,8H2,1H3. The molecule has 2 rings (SSSR count).